The topological polar surface area (TPSA) is 66.1 Å². The van der Waals surface area contributed by atoms with E-state index in [-0.39, 0.29) is 23.4 Å². The smallest absolute Gasteiger partial charge is 0.260 e. The zero-order valence-corrected chi connectivity index (χ0v) is 11.5. The molecule has 1 aliphatic rings. The first-order chi connectivity index (χ1) is 9.57. The largest absolute Gasteiger partial charge is 0.266 e. The molecule has 2 aromatic rings. The van der Waals surface area contributed by atoms with E-state index in [9.17, 15) is 12.8 Å². The Morgan fingerprint density at radius 2 is 2.15 bits per heavy atom. The molecule has 0 amide bonds. The van der Waals surface area contributed by atoms with Crippen molar-refractivity contribution in [3.8, 4) is 0 Å². The van der Waals surface area contributed by atoms with Crippen LogP contribution in [-0.2, 0) is 16.6 Å². The molecule has 0 atom stereocenters. The van der Waals surface area contributed by atoms with Crippen molar-refractivity contribution in [2.45, 2.75) is 30.5 Å². The lowest BCUT2D eigenvalue weighted by molar-refractivity contribution is 0.396. The maximum atomic E-state index is 13.2. The molecule has 5 nitrogen and oxygen atoms in total. The number of hydrogen-bond donors (Lipinski definition) is 1. The van der Waals surface area contributed by atoms with Gasteiger partial charge in [0.25, 0.3) is 10.0 Å². The van der Waals surface area contributed by atoms with Crippen molar-refractivity contribution < 1.29 is 12.8 Å². The molecule has 1 aromatic carbocycles. The lowest BCUT2D eigenvalue weighted by atomic mass is 10.2. The maximum Gasteiger partial charge on any atom is 0.260 e. The van der Waals surface area contributed by atoms with Crippen LogP contribution >= 0.6 is 0 Å². The van der Waals surface area contributed by atoms with Gasteiger partial charge < -0.3 is 0 Å². The first-order valence-electron chi connectivity index (χ1n) is 6.33. The summed E-state index contributed by atoms with van der Waals surface area (Å²) >= 11 is 0. The molecule has 20 heavy (non-hydrogen) atoms. The molecule has 7 heteroatoms. The SMILES string of the molecule is O=S(=O)(c1ccn[nH]1)N(Cc1cccc(F)c1)C1CC1. The number of benzene rings is 1. The second-order valence-corrected chi connectivity index (χ2v) is 6.69. The Morgan fingerprint density at radius 1 is 1.35 bits per heavy atom. The van der Waals surface area contributed by atoms with Crippen LogP contribution in [0.3, 0.4) is 0 Å². The predicted octanol–water partition coefficient (Wildman–Crippen LogP) is 1.90. The normalized spacial score (nSPS) is 15.7. The predicted molar refractivity (Wildman–Crippen MR) is 70.7 cm³/mol. The van der Waals surface area contributed by atoms with Crippen molar-refractivity contribution in [1.29, 1.82) is 0 Å². The van der Waals surface area contributed by atoms with E-state index in [4.69, 9.17) is 0 Å². The summed E-state index contributed by atoms with van der Waals surface area (Å²) in [6.45, 7) is 0.170. The third-order valence-corrected chi connectivity index (χ3v) is 5.07. The van der Waals surface area contributed by atoms with Crippen LogP contribution in [0.1, 0.15) is 18.4 Å². The van der Waals surface area contributed by atoms with Crippen LogP contribution in [0.2, 0.25) is 0 Å². The van der Waals surface area contributed by atoms with Crippen molar-refractivity contribution in [2.75, 3.05) is 0 Å². The molecular weight excluding hydrogens is 281 g/mol. The minimum absolute atomic E-state index is 0.00781. The minimum Gasteiger partial charge on any atom is -0.266 e. The highest BCUT2D eigenvalue weighted by Gasteiger charge is 2.38. The van der Waals surface area contributed by atoms with Gasteiger partial charge in [-0.3, -0.25) is 5.10 Å². The second-order valence-electron chi connectivity index (χ2n) is 4.83. The first kappa shape index (κ1) is 13.3. The number of sulfonamides is 1. The first-order valence-corrected chi connectivity index (χ1v) is 7.77. The molecule has 106 valence electrons. The summed E-state index contributed by atoms with van der Waals surface area (Å²) in [6, 6.07) is 7.42. The number of nitrogens with zero attached hydrogens (tertiary/aromatic N) is 2. The average molecular weight is 295 g/mol. The van der Waals surface area contributed by atoms with Gasteiger partial charge >= 0.3 is 0 Å². The summed E-state index contributed by atoms with van der Waals surface area (Å²) in [4.78, 5) is 0. The third-order valence-electron chi connectivity index (χ3n) is 3.24. The Kier molecular flexibility index (Phi) is 3.31. The van der Waals surface area contributed by atoms with E-state index in [1.807, 2.05) is 0 Å². The molecule has 3 rings (SSSR count). The zero-order chi connectivity index (χ0) is 14.2. The van der Waals surface area contributed by atoms with Crippen molar-refractivity contribution in [1.82, 2.24) is 14.5 Å². The van der Waals surface area contributed by atoms with Gasteiger partial charge in [0, 0.05) is 12.6 Å². The molecule has 1 aromatic heterocycles. The van der Waals surface area contributed by atoms with Crippen molar-refractivity contribution in [3.63, 3.8) is 0 Å². The van der Waals surface area contributed by atoms with E-state index < -0.39 is 10.0 Å². The van der Waals surface area contributed by atoms with Gasteiger partial charge in [0.05, 0.1) is 6.20 Å². The van der Waals surface area contributed by atoms with Crippen molar-refractivity contribution in [3.05, 3.63) is 47.9 Å². The molecule has 1 saturated carbocycles. The summed E-state index contributed by atoms with van der Waals surface area (Å²) in [6.07, 6.45) is 3.07. The number of rotatable bonds is 5. The quantitative estimate of drug-likeness (QED) is 0.916. The molecule has 0 spiro atoms. The summed E-state index contributed by atoms with van der Waals surface area (Å²) in [5.41, 5.74) is 0.639. The van der Waals surface area contributed by atoms with Gasteiger partial charge in [0.1, 0.15) is 5.82 Å². The molecule has 0 unspecified atom stereocenters. The molecule has 1 N–H and O–H groups in total. The second kappa shape index (κ2) is 4.99. The Labute approximate surface area is 116 Å². The molecule has 0 aliphatic heterocycles. The Morgan fingerprint density at radius 3 is 2.75 bits per heavy atom. The maximum absolute atomic E-state index is 13.2. The zero-order valence-electron chi connectivity index (χ0n) is 10.7. The van der Waals surface area contributed by atoms with Gasteiger partial charge in [0.15, 0.2) is 5.03 Å². The van der Waals surface area contributed by atoms with Gasteiger partial charge in [-0.25, -0.2) is 12.8 Å². The fourth-order valence-electron chi connectivity index (χ4n) is 2.10. The highest BCUT2D eigenvalue weighted by Crippen LogP contribution is 2.33. The Bertz CT molecular complexity index is 696. The number of aromatic nitrogens is 2. The van der Waals surface area contributed by atoms with E-state index in [0.717, 1.165) is 12.8 Å². The van der Waals surface area contributed by atoms with Gasteiger partial charge in [-0.1, -0.05) is 12.1 Å². The fourth-order valence-corrected chi connectivity index (χ4v) is 3.68. The van der Waals surface area contributed by atoms with E-state index in [2.05, 4.69) is 10.2 Å². The van der Waals surface area contributed by atoms with Gasteiger partial charge in [-0.2, -0.15) is 9.40 Å². The molecule has 0 bridgehead atoms. The van der Waals surface area contributed by atoms with E-state index >= 15 is 0 Å². The van der Waals surface area contributed by atoms with Crippen LogP contribution in [0.4, 0.5) is 4.39 Å². The highest BCUT2D eigenvalue weighted by atomic mass is 32.2. The average Bonchev–Trinajstić information content (AvgIpc) is 3.08. The molecule has 1 aliphatic carbocycles. The number of nitrogens with one attached hydrogen (secondary N) is 1. The van der Waals surface area contributed by atoms with Crippen LogP contribution in [-0.4, -0.2) is 29.0 Å². The van der Waals surface area contributed by atoms with E-state index in [1.54, 1.807) is 12.1 Å². The highest BCUT2D eigenvalue weighted by molar-refractivity contribution is 7.89. The lowest BCUT2D eigenvalue weighted by Crippen LogP contribution is -2.33. The van der Waals surface area contributed by atoms with Crippen LogP contribution in [0.25, 0.3) is 0 Å². The van der Waals surface area contributed by atoms with Gasteiger partial charge in [-0.15, -0.1) is 0 Å². The number of aromatic amines is 1. The Hall–Kier alpha value is -1.73. The molecule has 1 fully saturated rings. The monoisotopic (exact) mass is 295 g/mol. The summed E-state index contributed by atoms with van der Waals surface area (Å²) in [7, 11) is -3.61. The molecule has 0 saturated heterocycles. The number of halogens is 1. The summed E-state index contributed by atoms with van der Waals surface area (Å²) < 4.78 is 39.7. The van der Waals surface area contributed by atoms with Crippen molar-refractivity contribution >= 4 is 10.0 Å². The van der Waals surface area contributed by atoms with Crippen molar-refractivity contribution in [2.24, 2.45) is 0 Å². The van der Waals surface area contributed by atoms with Gasteiger partial charge in [-0.05, 0) is 36.6 Å². The summed E-state index contributed by atoms with van der Waals surface area (Å²) in [5.74, 6) is -0.364. The minimum atomic E-state index is -3.61. The van der Waals surface area contributed by atoms with Crippen LogP contribution in [0.15, 0.2) is 41.6 Å². The Balaban J connectivity index is 1.90. The summed E-state index contributed by atoms with van der Waals surface area (Å²) in [5, 5.41) is 6.24. The van der Waals surface area contributed by atoms with Crippen LogP contribution in [0, 0.1) is 5.82 Å². The van der Waals surface area contributed by atoms with E-state index in [1.165, 1.54) is 28.7 Å². The third kappa shape index (κ3) is 2.59. The standard InChI is InChI=1S/C13H14FN3O2S/c14-11-3-1-2-10(8-11)9-17(12-4-5-12)20(18,19)13-6-7-15-16-13/h1-3,6-8,12H,4-5,9H2,(H,15,16). The molecule has 1 heterocycles. The molecule has 0 radical (unpaired) electrons. The van der Waals surface area contributed by atoms with Gasteiger partial charge in [0.2, 0.25) is 0 Å². The van der Waals surface area contributed by atoms with Crippen LogP contribution in [0.5, 0.6) is 0 Å². The fraction of sp³-hybridized carbons (Fsp3) is 0.308. The lowest BCUT2D eigenvalue weighted by Gasteiger charge is -2.21. The number of hydrogen-bond acceptors (Lipinski definition) is 3. The number of H-pyrrole nitrogens is 1. The van der Waals surface area contributed by atoms with E-state index in [0.29, 0.717) is 5.56 Å². The van der Waals surface area contributed by atoms with Crippen LogP contribution < -0.4 is 0 Å². The molecular formula is C13H14FN3O2S.